The lowest BCUT2D eigenvalue weighted by atomic mass is 9.96. The maximum absolute atomic E-state index is 13.8. The predicted octanol–water partition coefficient (Wildman–Crippen LogP) is 5.86. The van der Waals surface area contributed by atoms with Crippen LogP contribution in [0.15, 0.2) is 67.0 Å². The number of nitrogens with zero attached hydrogens (tertiary/aromatic N) is 2. The van der Waals surface area contributed by atoms with Gasteiger partial charge in [0.25, 0.3) is 12.3 Å². The van der Waals surface area contributed by atoms with Gasteiger partial charge in [-0.1, -0.05) is 24.3 Å². The molecule has 206 valence electrons. The highest BCUT2D eigenvalue weighted by atomic mass is 19.3. The van der Waals surface area contributed by atoms with Crippen molar-refractivity contribution in [2.45, 2.75) is 38.5 Å². The molecule has 1 atom stereocenters. The van der Waals surface area contributed by atoms with Gasteiger partial charge >= 0.3 is 0 Å². The first-order valence-electron chi connectivity index (χ1n) is 13.3. The molecule has 2 aliphatic heterocycles. The fourth-order valence-electron chi connectivity index (χ4n) is 5.38. The molecule has 3 aromatic carbocycles. The summed E-state index contributed by atoms with van der Waals surface area (Å²) in [4.78, 5) is 19.6. The van der Waals surface area contributed by atoms with E-state index >= 15 is 0 Å². The number of phenols is 1. The lowest BCUT2D eigenvalue weighted by Gasteiger charge is -2.32. The van der Waals surface area contributed by atoms with Crippen LogP contribution in [0.4, 0.5) is 14.5 Å². The first-order chi connectivity index (χ1) is 19.5. The number of hydrogen-bond donors (Lipinski definition) is 2. The number of hydrogen-bond acceptors (Lipinski definition) is 6. The normalized spacial score (nSPS) is 16.8. The minimum atomic E-state index is -2.83. The van der Waals surface area contributed by atoms with E-state index in [1.54, 1.807) is 17.3 Å². The molecule has 40 heavy (non-hydrogen) atoms. The molecule has 1 fully saturated rings. The van der Waals surface area contributed by atoms with Crippen molar-refractivity contribution in [1.29, 1.82) is 0 Å². The molecule has 9 heteroatoms. The summed E-state index contributed by atoms with van der Waals surface area (Å²) >= 11 is 0. The van der Waals surface area contributed by atoms with Crippen molar-refractivity contribution in [1.82, 2.24) is 9.88 Å². The van der Waals surface area contributed by atoms with E-state index in [2.05, 4.69) is 16.4 Å². The van der Waals surface area contributed by atoms with Gasteiger partial charge in [-0.25, -0.2) is 8.78 Å². The minimum Gasteiger partial charge on any atom is -0.507 e. The Balaban J connectivity index is 1.28. The number of aromatic hydroxyl groups is 1. The number of aromatic nitrogens is 1. The summed E-state index contributed by atoms with van der Waals surface area (Å²) in [7, 11) is 0. The number of benzene rings is 3. The van der Waals surface area contributed by atoms with Gasteiger partial charge in [0.05, 0.1) is 12.6 Å². The maximum atomic E-state index is 13.8. The zero-order valence-corrected chi connectivity index (χ0v) is 21.8. The topological polar surface area (TPSA) is 83.9 Å². The van der Waals surface area contributed by atoms with Gasteiger partial charge in [-0.05, 0) is 65.3 Å². The number of amides is 1. The summed E-state index contributed by atoms with van der Waals surface area (Å²) in [6.45, 7) is 2.11. The highest BCUT2D eigenvalue weighted by Crippen LogP contribution is 2.37. The van der Waals surface area contributed by atoms with Gasteiger partial charge in [-0.2, -0.15) is 0 Å². The van der Waals surface area contributed by atoms with Crippen molar-refractivity contribution in [3.63, 3.8) is 0 Å². The predicted molar refractivity (Wildman–Crippen MR) is 147 cm³/mol. The van der Waals surface area contributed by atoms with E-state index in [4.69, 9.17) is 9.47 Å². The fraction of sp³-hybridized carbons (Fsp3) is 0.290. The Bertz CT molecular complexity index is 1560. The molecule has 2 aliphatic rings. The maximum Gasteiger partial charge on any atom is 0.264 e. The van der Waals surface area contributed by atoms with E-state index < -0.39 is 23.6 Å². The minimum absolute atomic E-state index is 0.0254. The number of rotatable bonds is 7. The fourth-order valence-corrected chi connectivity index (χ4v) is 5.38. The number of nitrogens with one attached hydrogen (secondary N) is 1. The first kappa shape index (κ1) is 26.0. The van der Waals surface area contributed by atoms with Crippen LogP contribution in [0, 0.1) is 0 Å². The average molecular weight is 546 g/mol. The standard InChI is InChI=1S/C31H29F2N3O4/c32-30(33)22-13-27(37)29(28(14-22)40-17-19-4-5-20-6-9-34-15-23(20)12-19)31(38)36-10-7-21-2-1-3-26(25(21)16-36)35-24-8-11-39-18-24/h1-6,9,12-15,24,30,35,37H,7-8,10-11,16-18H2/t24-/m0/s1. The average Bonchev–Trinajstić information content (AvgIpc) is 3.48. The van der Waals surface area contributed by atoms with Gasteiger partial charge in [0.15, 0.2) is 0 Å². The molecule has 3 heterocycles. The lowest BCUT2D eigenvalue weighted by Crippen LogP contribution is -2.37. The molecule has 4 aromatic rings. The van der Waals surface area contributed by atoms with Gasteiger partial charge in [-0.15, -0.1) is 0 Å². The van der Waals surface area contributed by atoms with Crippen LogP contribution < -0.4 is 10.1 Å². The molecule has 0 saturated carbocycles. The quantitative estimate of drug-likeness (QED) is 0.303. The summed E-state index contributed by atoms with van der Waals surface area (Å²) in [6, 6.07) is 15.9. The molecule has 0 aliphatic carbocycles. The van der Waals surface area contributed by atoms with Gasteiger partial charge in [0.1, 0.15) is 23.7 Å². The van der Waals surface area contributed by atoms with Crippen LogP contribution in [0.5, 0.6) is 11.5 Å². The van der Waals surface area contributed by atoms with Crippen LogP contribution in [0.25, 0.3) is 10.8 Å². The van der Waals surface area contributed by atoms with Crippen LogP contribution >= 0.6 is 0 Å². The van der Waals surface area contributed by atoms with Crippen LogP contribution in [0.2, 0.25) is 0 Å². The summed E-state index contributed by atoms with van der Waals surface area (Å²) in [6.07, 6.45) is 2.14. The van der Waals surface area contributed by atoms with Crippen molar-refractivity contribution < 1.29 is 28.2 Å². The zero-order chi connectivity index (χ0) is 27.6. The van der Waals surface area contributed by atoms with Crippen molar-refractivity contribution in [3.05, 3.63) is 94.8 Å². The number of carbonyl (C=O) groups excluding carboxylic acids is 1. The van der Waals surface area contributed by atoms with Crippen LogP contribution in [0.1, 0.15) is 45.5 Å². The van der Waals surface area contributed by atoms with Gasteiger partial charge in [0.2, 0.25) is 0 Å². The van der Waals surface area contributed by atoms with Crippen molar-refractivity contribution in [3.8, 4) is 11.5 Å². The Morgan fingerprint density at radius 3 is 2.90 bits per heavy atom. The largest absolute Gasteiger partial charge is 0.507 e. The highest BCUT2D eigenvalue weighted by molar-refractivity contribution is 6.00. The zero-order valence-electron chi connectivity index (χ0n) is 21.8. The molecule has 7 nitrogen and oxygen atoms in total. The molecule has 6 rings (SSSR count). The molecule has 0 radical (unpaired) electrons. The van der Waals surface area contributed by atoms with E-state index in [9.17, 15) is 18.7 Å². The van der Waals surface area contributed by atoms with E-state index in [1.165, 1.54) is 0 Å². The number of phenolic OH excluding ortho intramolecular Hbond substituents is 1. The third-order valence-electron chi connectivity index (χ3n) is 7.52. The molecule has 0 bridgehead atoms. The van der Waals surface area contributed by atoms with Gasteiger partial charge < -0.3 is 24.8 Å². The number of carbonyl (C=O) groups is 1. The smallest absolute Gasteiger partial charge is 0.264 e. The Morgan fingerprint density at radius 1 is 1.18 bits per heavy atom. The van der Waals surface area contributed by atoms with Gasteiger partial charge in [0, 0.05) is 48.7 Å². The second kappa shape index (κ2) is 11.1. The van der Waals surface area contributed by atoms with Crippen molar-refractivity contribution >= 4 is 22.4 Å². The highest BCUT2D eigenvalue weighted by Gasteiger charge is 2.30. The molecule has 0 spiro atoms. The third-order valence-corrected chi connectivity index (χ3v) is 7.52. The van der Waals surface area contributed by atoms with Crippen molar-refractivity contribution in [2.24, 2.45) is 0 Å². The molecular formula is C31H29F2N3O4. The van der Waals surface area contributed by atoms with Crippen LogP contribution in [-0.2, 0) is 24.3 Å². The molecule has 1 amide bonds. The van der Waals surface area contributed by atoms with Crippen LogP contribution in [0.3, 0.4) is 0 Å². The van der Waals surface area contributed by atoms with E-state index in [1.807, 2.05) is 36.4 Å². The molecule has 1 aromatic heterocycles. The third kappa shape index (κ3) is 5.29. The Morgan fingerprint density at radius 2 is 2.08 bits per heavy atom. The second-order valence-corrected chi connectivity index (χ2v) is 10.2. The first-order valence-corrected chi connectivity index (χ1v) is 13.3. The second-order valence-electron chi connectivity index (χ2n) is 10.2. The number of alkyl halides is 2. The molecule has 0 unspecified atom stereocenters. The summed E-state index contributed by atoms with van der Waals surface area (Å²) < 4.78 is 38.7. The van der Waals surface area contributed by atoms with E-state index in [-0.39, 0.29) is 24.0 Å². The number of ether oxygens (including phenoxy) is 2. The Labute approximate surface area is 230 Å². The Kier molecular flexibility index (Phi) is 7.21. The summed E-state index contributed by atoms with van der Waals surface area (Å²) in [5.41, 5.74) is 3.34. The van der Waals surface area contributed by atoms with Crippen LogP contribution in [-0.4, -0.2) is 46.7 Å². The Hall–Kier alpha value is -4.24. The summed E-state index contributed by atoms with van der Waals surface area (Å²) in [5, 5.41) is 16.3. The monoisotopic (exact) mass is 545 g/mol. The lowest BCUT2D eigenvalue weighted by molar-refractivity contribution is 0.0726. The summed E-state index contributed by atoms with van der Waals surface area (Å²) in [5.74, 6) is -1.08. The number of anilines is 1. The SMILES string of the molecule is O=C(c1c(O)cc(C(F)F)cc1OCc1ccc2ccncc2c1)N1CCc2cccc(N[C@H]3CCOC3)c2C1. The molecular weight excluding hydrogens is 516 g/mol. The van der Waals surface area contributed by atoms with Gasteiger partial charge in [-0.3, -0.25) is 9.78 Å². The van der Waals surface area contributed by atoms with E-state index in [0.29, 0.717) is 32.7 Å². The number of halogens is 2. The number of pyridine rings is 1. The molecule has 1 saturated heterocycles. The molecule has 2 N–H and O–H groups in total. The number of fused-ring (bicyclic) bond motifs is 2. The van der Waals surface area contributed by atoms with Crippen molar-refractivity contribution in [2.75, 3.05) is 25.1 Å². The van der Waals surface area contributed by atoms with E-state index in [0.717, 1.165) is 51.7 Å².